The minimum absolute atomic E-state index is 0.117. The van der Waals surface area contributed by atoms with Crippen molar-refractivity contribution in [3.05, 3.63) is 82.9 Å². The van der Waals surface area contributed by atoms with E-state index in [2.05, 4.69) is 22.5 Å². The molecular weight excluding hydrogens is 381 g/mol. The van der Waals surface area contributed by atoms with Gasteiger partial charge in [-0.25, -0.2) is 4.39 Å². The van der Waals surface area contributed by atoms with Gasteiger partial charge in [-0.15, -0.1) is 0 Å². The molecule has 30 heavy (non-hydrogen) atoms. The Labute approximate surface area is 176 Å². The van der Waals surface area contributed by atoms with Gasteiger partial charge in [-0.2, -0.15) is 0 Å². The first-order valence-electron chi connectivity index (χ1n) is 9.98. The third-order valence-corrected chi connectivity index (χ3v) is 4.91. The van der Waals surface area contributed by atoms with Crippen molar-refractivity contribution < 1.29 is 14.3 Å². The van der Waals surface area contributed by atoms with Gasteiger partial charge in [0, 0.05) is 36.7 Å². The number of nitrogens with zero attached hydrogens (tertiary/aromatic N) is 1. The summed E-state index contributed by atoms with van der Waals surface area (Å²) in [5.41, 5.74) is 4.78. The van der Waals surface area contributed by atoms with Crippen LogP contribution in [0, 0.1) is 12.7 Å². The summed E-state index contributed by atoms with van der Waals surface area (Å²) >= 11 is 0. The average Bonchev–Trinajstić information content (AvgIpc) is 2.78. The van der Waals surface area contributed by atoms with Crippen LogP contribution in [-0.2, 0) is 13.2 Å². The van der Waals surface area contributed by atoms with Gasteiger partial charge in [-0.05, 0) is 59.9 Å². The molecule has 3 rings (SSSR count). The number of carbonyl (C=O) groups excluding carboxylic acids is 1. The molecule has 2 aromatic carbocycles. The van der Waals surface area contributed by atoms with Crippen LogP contribution in [0.1, 0.15) is 40.4 Å². The van der Waals surface area contributed by atoms with Gasteiger partial charge in [-0.1, -0.05) is 25.1 Å². The molecule has 156 valence electrons. The Kier molecular flexibility index (Phi) is 7.14. The monoisotopic (exact) mass is 407 g/mol. The lowest BCUT2D eigenvalue weighted by atomic mass is 9.99. The van der Waals surface area contributed by atoms with Crippen LogP contribution in [-0.4, -0.2) is 22.5 Å². The number of hydrogen-bond donors (Lipinski definition) is 3. The fourth-order valence-corrected chi connectivity index (χ4v) is 3.16. The largest absolute Gasteiger partial charge is 0.392 e. The van der Waals surface area contributed by atoms with E-state index in [0.29, 0.717) is 16.7 Å². The predicted octanol–water partition coefficient (Wildman–Crippen LogP) is 4.44. The highest BCUT2D eigenvalue weighted by Crippen LogP contribution is 2.28. The summed E-state index contributed by atoms with van der Waals surface area (Å²) in [5.74, 6) is -0.548. The van der Waals surface area contributed by atoms with Gasteiger partial charge in [0.2, 0.25) is 0 Å². The fraction of sp³-hybridized carbons (Fsp3) is 0.250. The van der Waals surface area contributed by atoms with Crippen molar-refractivity contribution in [3.63, 3.8) is 0 Å². The van der Waals surface area contributed by atoms with Gasteiger partial charge in [0.1, 0.15) is 5.82 Å². The molecule has 0 radical (unpaired) electrons. The summed E-state index contributed by atoms with van der Waals surface area (Å²) in [6.45, 7) is 4.60. The Bertz CT molecular complexity index is 1040. The summed E-state index contributed by atoms with van der Waals surface area (Å²) in [4.78, 5) is 17.1. The van der Waals surface area contributed by atoms with Crippen molar-refractivity contribution in [2.75, 3.05) is 11.9 Å². The molecule has 0 aliphatic heterocycles. The first kappa shape index (κ1) is 21.5. The molecule has 5 nitrogen and oxygen atoms in total. The Hall–Kier alpha value is -3.25. The van der Waals surface area contributed by atoms with E-state index < -0.39 is 0 Å². The Morgan fingerprint density at radius 2 is 2.00 bits per heavy atom. The molecule has 0 spiro atoms. The third-order valence-electron chi connectivity index (χ3n) is 4.91. The van der Waals surface area contributed by atoms with E-state index in [0.717, 1.165) is 35.3 Å². The van der Waals surface area contributed by atoms with Crippen LogP contribution in [0.25, 0.3) is 11.1 Å². The number of carbonyl (C=O) groups is 1. The highest BCUT2D eigenvalue weighted by atomic mass is 19.1. The van der Waals surface area contributed by atoms with Crippen LogP contribution in [0.15, 0.2) is 54.9 Å². The number of anilines is 1. The second kappa shape index (κ2) is 9.98. The number of amides is 1. The summed E-state index contributed by atoms with van der Waals surface area (Å²) in [5, 5.41) is 15.8. The average molecular weight is 407 g/mol. The molecule has 3 N–H and O–H groups in total. The normalized spacial score (nSPS) is 10.7. The lowest BCUT2D eigenvalue weighted by Crippen LogP contribution is -2.24. The lowest BCUT2D eigenvalue weighted by Gasteiger charge is -2.15. The van der Waals surface area contributed by atoms with E-state index in [9.17, 15) is 14.3 Å². The van der Waals surface area contributed by atoms with Crippen molar-refractivity contribution in [1.82, 2.24) is 10.3 Å². The Morgan fingerprint density at radius 1 is 1.17 bits per heavy atom. The molecule has 1 aromatic heterocycles. The smallest absolute Gasteiger partial charge is 0.253 e. The van der Waals surface area contributed by atoms with Crippen molar-refractivity contribution >= 4 is 11.6 Å². The number of pyridine rings is 1. The molecule has 0 saturated carbocycles. The van der Waals surface area contributed by atoms with E-state index in [1.165, 1.54) is 6.07 Å². The number of aliphatic hydroxyl groups excluding tert-OH is 1. The number of aryl methyl sites for hydroxylation is 1. The Morgan fingerprint density at radius 3 is 2.73 bits per heavy atom. The van der Waals surface area contributed by atoms with Crippen LogP contribution in [0.3, 0.4) is 0 Å². The van der Waals surface area contributed by atoms with Gasteiger partial charge in [0.15, 0.2) is 0 Å². The van der Waals surface area contributed by atoms with Crippen molar-refractivity contribution in [2.45, 2.75) is 33.4 Å². The Balaban J connectivity index is 1.89. The first-order valence-corrected chi connectivity index (χ1v) is 9.98. The van der Waals surface area contributed by atoms with Crippen molar-refractivity contribution in [3.8, 4) is 11.1 Å². The second-order valence-electron chi connectivity index (χ2n) is 7.14. The molecule has 0 aliphatic carbocycles. The second-order valence-corrected chi connectivity index (χ2v) is 7.14. The van der Waals surface area contributed by atoms with E-state index in [-0.39, 0.29) is 24.9 Å². The molecule has 0 aliphatic rings. The SMILES string of the molecule is CCCNc1ccc(-c2cnccc2CO)cc1C(=O)NCc1ccc(C)c(F)c1. The number of nitrogens with one attached hydrogen (secondary N) is 2. The van der Waals surface area contributed by atoms with Crippen LogP contribution in [0.2, 0.25) is 0 Å². The van der Waals surface area contributed by atoms with Crippen molar-refractivity contribution in [2.24, 2.45) is 0 Å². The summed E-state index contributed by atoms with van der Waals surface area (Å²) in [7, 11) is 0. The zero-order valence-electron chi connectivity index (χ0n) is 17.2. The number of hydrogen-bond acceptors (Lipinski definition) is 4. The molecule has 0 atom stereocenters. The maximum Gasteiger partial charge on any atom is 0.253 e. The third kappa shape index (κ3) is 5.02. The first-order chi connectivity index (χ1) is 14.5. The zero-order chi connectivity index (χ0) is 21.5. The summed E-state index contributed by atoms with van der Waals surface area (Å²) in [6.07, 6.45) is 4.22. The minimum Gasteiger partial charge on any atom is -0.392 e. The number of halogens is 1. The number of aromatic nitrogens is 1. The van der Waals surface area contributed by atoms with Gasteiger partial charge in [0.25, 0.3) is 5.91 Å². The number of rotatable bonds is 8. The van der Waals surface area contributed by atoms with Gasteiger partial charge >= 0.3 is 0 Å². The summed E-state index contributed by atoms with van der Waals surface area (Å²) in [6, 6.07) is 12.2. The van der Waals surface area contributed by atoms with Gasteiger partial charge in [0.05, 0.1) is 12.2 Å². The molecule has 0 bridgehead atoms. The molecule has 1 heterocycles. The standard InChI is InChI=1S/C24H26FN3O2/c1-3-9-27-23-7-6-18(21-14-26-10-8-19(21)15-29)12-20(23)24(30)28-13-17-5-4-16(2)22(25)11-17/h4-8,10-12,14,27,29H,3,9,13,15H2,1-2H3,(H,28,30). The van der Waals surface area contributed by atoms with Crippen LogP contribution < -0.4 is 10.6 Å². The van der Waals surface area contributed by atoms with E-state index in [1.807, 2.05) is 12.1 Å². The molecule has 0 unspecified atom stereocenters. The van der Waals surface area contributed by atoms with Gasteiger partial charge in [-0.3, -0.25) is 9.78 Å². The highest BCUT2D eigenvalue weighted by molar-refractivity contribution is 6.01. The maximum atomic E-state index is 13.8. The zero-order valence-corrected chi connectivity index (χ0v) is 17.2. The maximum absolute atomic E-state index is 13.8. The number of aliphatic hydroxyl groups is 1. The lowest BCUT2D eigenvalue weighted by molar-refractivity contribution is 0.0951. The highest BCUT2D eigenvalue weighted by Gasteiger charge is 2.15. The molecule has 0 fully saturated rings. The molecule has 0 saturated heterocycles. The predicted molar refractivity (Wildman–Crippen MR) is 117 cm³/mol. The van der Waals surface area contributed by atoms with E-state index in [1.54, 1.807) is 43.6 Å². The molecule has 6 heteroatoms. The molecular formula is C24H26FN3O2. The quantitative estimate of drug-likeness (QED) is 0.516. The van der Waals surface area contributed by atoms with E-state index in [4.69, 9.17) is 0 Å². The van der Waals surface area contributed by atoms with E-state index >= 15 is 0 Å². The van der Waals surface area contributed by atoms with Crippen molar-refractivity contribution in [1.29, 1.82) is 0 Å². The fourth-order valence-electron chi connectivity index (χ4n) is 3.16. The molecule has 1 amide bonds. The summed E-state index contributed by atoms with van der Waals surface area (Å²) < 4.78 is 13.8. The topological polar surface area (TPSA) is 74.2 Å². The molecule has 3 aromatic rings. The minimum atomic E-state index is -0.290. The van der Waals surface area contributed by atoms with Crippen LogP contribution in [0.4, 0.5) is 10.1 Å². The van der Waals surface area contributed by atoms with Gasteiger partial charge < -0.3 is 15.7 Å². The van der Waals surface area contributed by atoms with Crippen LogP contribution >= 0.6 is 0 Å². The van der Waals surface area contributed by atoms with Crippen LogP contribution in [0.5, 0.6) is 0 Å². The number of benzene rings is 2.